The van der Waals surface area contributed by atoms with Crippen LogP contribution in [0.3, 0.4) is 0 Å². The highest BCUT2D eigenvalue weighted by atomic mass is 35.5. The zero-order valence-corrected chi connectivity index (χ0v) is 13.0. The Morgan fingerprint density at radius 2 is 2.10 bits per heavy atom. The van der Waals surface area contributed by atoms with Crippen LogP contribution in [-0.2, 0) is 9.53 Å². The molecule has 1 aromatic rings. The molecule has 0 saturated heterocycles. The van der Waals surface area contributed by atoms with Crippen LogP contribution in [0.2, 0.25) is 0 Å². The second-order valence-corrected chi connectivity index (χ2v) is 4.29. The molecule has 0 saturated carbocycles. The Hall–Kier alpha value is -1.63. The number of ether oxygens (including phenoxy) is 1. The van der Waals surface area contributed by atoms with Gasteiger partial charge in [-0.15, -0.1) is 12.4 Å². The van der Waals surface area contributed by atoms with Crippen LogP contribution in [-0.4, -0.2) is 38.1 Å². The van der Waals surface area contributed by atoms with E-state index in [0.29, 0.717) is 17.8 Å². The summed E-state index contributed by atoms with van der Waals surface area (Å²) in [5.74, 6) is -0.494. The first-order valence-corrected chi connectivity index (χ1v) is 6.54. The molecule has 0 spiro atoms. The summed E-state index contributed by atoms with van der Waals surface area (Å²) in [6.45, 7) is 2.70. The van der Waals surface area contributed by atoms with Crippen molar-refractivity contribution in [1.29, 1.82) is 0 Å². The van der Waals surface area contributed by atoms with Gasteiger partial charge < -0.3 is 21.1 Å². The molecule has 1 aromatic carbocycles. The van der Waals surface area contributed by atoms with Crippen molar-refractivity contribution in [3.8, 4) is 0 Å². The third kappa shape index (κ3) is 6.12. The molecule has 6 nitrogen and oxygen atoms in total. The summed E-state index contributed by atoms with van der Waals surface area (Å²) >= 11 is 0. The van der Waals surface area contributed by atoms with Gasteiger partial charge in [-0.3, -0.25) is 9.59 Å². The van der Waals surface area contributed by atoms with Gasteiger partial charge in [-0.2, -0.15) is 0 Å². The molecular formula is C14H22ClN3O3. The molecular weight excluding hydrogens is 294 g/mol. The monoisotopic (exact) mass is 315 g/mol. The summed E-state index contributed by atoms with van der Waals surface area (Å²) in [5.41, 5.74) is 6.46. The van der Waals surface area contributed by atoms with E-state index in [1.165, 1.54) is 7.11 Å². The van der Waals surface area contributed by atoms with Crippen molar-refractivity contribution >= 4 is 29.9 Å². The predicted octanol–water partition coefficient (Wildman–Crippen LogP) is 1.16. The van der Waals surface area contributed by atoms with Crippen LogP contribution in [0.15, 0.2) is 24.3 Å². The Morgan fingerprint density at radius 1 is 1.38 bits per heavy atom. The molecule has 1 rings (SSSR count). The van der Waals surface area contributed by atoms with Crippen molar-refractivity contribution in [1.82, 2.24) is 5.32 Å². The van der Waals surface area contributed by atoms with E-state index in [0.717, 1.165) is 6.42 Å². The van der Waals surface area contributed by atoms with E-state index in [2.05, 4.69) is 10.6 Å². The Morgan fingerprint density at radius 3 is 2.67 bits per heavy atom. The summed E-state index contributed by atoms with van der Waals surface area (Å²) in [5, 5.41) is 5.45. The van der Waals surface area contributed by atoms with Gasteiger partial charge in [0.15, 0.2) is 0 Å². The normalized spacial score (nSPS) is 11.2. The SMILES string of the molecule is CCCNC(=O)c1cccc(NC(=O)C(CN)OC)c1.Cl. The summed E-state index contributed by atoms with van der Waals surface area (Å²) in [4.78, 5) is 23.6. The fourth-order valence-electron chi connectivity index (χ4n) is 1.61. The van der Waals surface area contributed by atoms with Crippen LogP contribution in [0, 0.1) is 0 Å². The van der Waals surface area contributed by atoms with Crippen LogP contribution >= 0.6 is 12.4 Å². The molecule has 0 aromatic heterocycles. The van der Waals surface area contributed by atoms with Crippen LogP contribution < -0.4 is 16.4 Å². The summed E-state index contributed by atoms with van der Waals surface area (Å²) in [7, 11) is 1.42. The number of nitrogens with one attached hydrogen (secondary N) is 2. The van der Waals surface area contributed by atoms with E-state index in [1.54, 1.807) is 24.3 Å². The lowest BCUT2D eigenvalue weighted by Crippen LogP contribution is -2.36. The average Bonchev–Trinajstić information content (AvgIpc) is 2.46. The maximum Gasteiger partial charge on any atom is 0.254 e. The minimum Gasteiger partial charge on any atom is -0.370 e. The largest absolute Gasteiger partial charge is 0.370 e. The smallest absolute Gasteiger partial charge is 0.254 e. The van der Waals surface area contributed by atoms with Gasteiger partial charge >= 0.3 is 0 Å². The van der Waals surface area contributed by atoms with Crippen molar-refractivity contribution < 1.29 is 14.3 Å². The van der Waals surface area contributed by atoms with Crippen molar-refractivity contribution in [2.24, 2.45) is 5.73 Å². The number of anilines is 1. The number of rotatable bonds is 7. The van der Waals surface area contributed by atoms with Crippen molar-refractivity contribution in [3.63, 3.8) is 0 Å². The third-order valence-corrected chi connectivity index (χ3v) is 2.72. The number of nitrogens with two attached hydrogens (primary N) is 1. The maximum atomic E-state index is 11.8. The van der Waals surface area contributed by atoms with E-state index in [-0.39, 0.29) is 30.8 Å². The van der Waals surface area contributed by atoms with Gasteiger partial charge in [-0.05, 0) is 24.6 Å². The van der Waals surface area contributed by atoms with E-state index in [9.17, 15) is 9.59 Å². The van der Waals surface area contributed by atoms with E-state index >= 15 is 0 Å². The molecule has 0 aliphatic rings. The van der Waals surface area contributed by atoms with Crippen LogP contribution in [0.4, 0.5) is 5.69 Å². The molecule has 0 aliphatic carbocycles. The van der Waals surface area contributed by atoms with Gasteiger partial charge in [0.1, 0.15) is 6.10 Å². The number of benzene rings is 1. The van der Waals surface area contributed by atoms with E-state index < -0.39 is 6.10 Å². The first-order valence-electron chi connectivity index (χ1n) is 6.54. The highest BCUT2D eigenvalue weighted by molar-refractivity contribution is 5.98. The zero-order valence-electron chi connectivity index (χ0n) is 12.2. The fourth-order valence-corrected chi connectivity index (χ4v) is 1.61. The van der Waals surface area contributed by atoms with Crippen LogP contribution in [0.5, 0.6) is 0 Å². The second-order valence-electron chi connectivity index (χ2n) is 4.29. The lowest BCUT2D eigenvalue weighted by molar-refractivity contribution is -0.125. The molecule has 21 heavy (non-hydrogen) atoms. The quantitative estimate of drug-likeness (QED) is 0.704. The van der Waals surface area contributed by atoms with Gasteiger partial charge in [0, 0.05) is 31.5 Å². The number of amides is 2. The minimum atomic E-state index is -0.701. The van der Waals surface area contributed by atoms with E-state index in [1.807, 2.05) is 6.92 Å². The molecule has 1 atom stereocenters. The minimum absolute atomic E-state index is 0. The number of carbonyl (C=O) groups excluding carboxylic acids is 2. The van der Waals surface area contributed by atoms with E-state index in [4.69, 9.17) is 10.5 Å². The molecule has 1 unspecified atom stereocenters. The lowest BCUT2D eigenvalue weighted by atomic mass is 10.2. The molecule has 0 aliphatic heterocycles. The van der Waals surface area contributed by atoms with Gasteiger partial charge in [-0.25, -0.2) is 0 Å². The highest BCUT2D eigenvalue weighted by Crippen LogP contribution is 2.11. The molecule has 0 bridgehead atoms. The lowest BCUT2D eigenvalue weighted by Gasteiger charge is -2.13. The number of halogens is 1. The van der Waals surface area contributed by atoms with Gasteiger partial charge in [0.05, 0.1) is 0 Å². The van der Waals surface area contributed by atoms with Crippen molar-refractivity contribution in [2.45, 2.75) is 19.4 Å². The molecule has 7 heteroatoms. The molecule has 4 N–H and O–H groups in total. The molecule has 0 radical (unpaired) electrons. The first-order chi connectivity index (χ1) is 9.62. The highest BCUT2D eigenvalue weighted by Gasteiger charge is 2.16. The molecule has 0 fully saturated rings. The van der Waals surface area contributed by atoms with Crippen molar-refractivity contribution in [3.05, 3.63) is 29.8 Å². The second kappa shape index (κ2) is 10.1. The van der Waals surface area contributed by atoms with Crippen molar-refractivity contribution in [2.75, 3.05) is 25.5 Å². The first kappa shape index (κ1) is 19.4. The Labute approximate surface area is 130 Å². The Kier molecular flexibility index (Phi) is 9.36. The van der Waals surface area contributed by atoms with Crippen LogP contribution in [0.25, 0.3) is 0 Å². The molecule has 2 amide bonds. The maximum absolute atomic E-state index is 11.8. The van der Waals surface area contributed by atoms with Gasteiger partial charge in [-0.1, -0.05) is 13.0 Å². The summed E-state index contributed by atoms with van der Waals surface area (Å²) < 4.78 is 4.95. The summed E-state index contributed by atoms with van der Waals surface area (Å²) in [6, 6.07) is 6.72. The number of methoxy groups -OCH3 is 1. The number of hydrogen-bond donors (Lipinski definition) is 3. The molecule has 118 valence electrons. The zero-order chi connectivity index (χ0) is 15.0. The topological polar surface area (TPSA) is 93.5 Å². The standard InChI is InChI=1S/C14H21N3O3.ClH/c1-3-7-16-13(18)10-5-4-6-11(8-10)17-14(19)12(9-15)20-2;/h4-6,8,12H,3,7,9,15H2,1-2H3,(H,16,18)(H,17,19);1H. The number of carbonyl (C=O) groups is 2. The van der Waals surface area contributed by atoms with Gasteiger partial charge in [0.2, 0.25) is 0 Å². The Balaban J connectivity index is 0.00000400. The Bertz CT molecular complexity index is 465. The fraction of sp³-hybridized carbons (Fsp3) is 0.429. The summed E-state index contributed by atoms with van der Waals surface area (Å²) in [6.07, 6.45) is 0.168. The number of hydrogen-bond acceptors (Lipinski definition) is 4. The third-order valence-electron chi connectivity index (χ3n) is 2.72. The van der Waals surface area contributed by atoms with Gasteiger partial charge in [0.25, 0.3) is 11.8 Å². The predicted molar refractivity (Wildman–Crippen MR) is 84.8 cm³/mol. The average molecular weight is 316 g/mol. The molecule has 0 heterocycles. The van der Waals surface area contributed by atoms with Crippen LogP contribution in [0.1, 0.15) is 23.7 Å².